The molecular weight excluding hydrogens is 415 g/mol. The van der Waals surface area contributed by atoms with E-state index in [0.29, 0.717) is 5.56 Å². The number of esters is 1. The van der Waals surface area contributed by atoms with Crippen molar-refractivity contribution < 1.29 is 28.2 Å². The minimum Gasteiger partial charge on any atom is -0.494 e. The number of methoxy groups -OCH3 is 1. The number of benzene rings is 2. The van der Waals surface area contributed by atoms with Gasteiger partial charge in [-0.05, 0) is 29.2 Å². The second-order valence-corrected chi connectivity index (χ2v) is 7.78. The zero-order valence-corrected chi connectivity index (χ0v) is 18.8. The van der Waals surface area contributed by atoms with E-state index >= 15 is 0 Å². The van der Waals surface area contributed by atoms with Gasteiger partial charge in [0.2, 0.25) is 5.91 Å². The summed E-state index contributed by atoms with van der Waals surface area (Å²) in [6, 6.07) is 12.7. The Morgan fingerprint density at radius 2 is 1.75 bits per heavy atom. The molecule has 32 heavy (non-hydrogen) atoms. The van der Waals surface area contributed by atoms with Crippen LogP contribution in [0, 0.1) is 11.7 Å². The number of hydrogen-bond acceptors (Lipinski definition) is 5. The van der Waals surface area contributed by atoms with Gasteiger partial charge in [-0.1, -0.05) is 50.2 Å². The normalized spacial score (nSPS) is 11.6. The van der Waals surface area contributed by atoms with E-state index in [1.807, 2.05) is 30.3 Å². The molecule has 0 aliphatic rings. The third-order valence-electron chi connectivity index (χ3n) is 4.84. The minimum absolute atomic E-state index is 0.116. The van der Waals surface area contributed by atoms with Crippen molar-refractivity contribution >= 4 is 17.8 Å². The third kappa shape index (κ3) is 7.37. The zero-order valence-electron chi connectivity index (χ0n) is 18.8. The van der Waals surface area contributed by atoms with Gasteiger partial charge in [0.25, 0.3) is 5.91 Å². The molecule has 0 aromatic heterocycles. The van der Waals surface area contributed by atoms with Gasteiger partial charge in [-0.15, -0.1) is 0 Å². The zero-order chi connectivity index (χ0) is 23.7. The van der Waals surface area contributed by atoms with Gasteiger partial charge < -0.3 is 19.7 Å². The molecule has 172 valence electrons. The fourth-order valence-electron chi connectivity index (χ4n) is 3.01. The first-order valence-electron chi connectivity index (χ1n) is 10.3. The molecule has 2 aromatic rings. The van der Waals surface area contributed by atoms with Crippen molar-refractivity contribution in [2.75, 3.05) is 20.8 Å². The van der Waals surface area contributed by atoms with Crippen LogP contribution in [0.3, 0.4) is 0 Å². The van der Waals surface area contributed by atoms with E-state index in [2.05, 4.69) is 5.32 Å². The van der Waals surface area contributed by atoms with Crippen LogP contribution >= 0.6 is 0 Å². The molecular formula is C24H29FN2O5. The molecule has 2 amide bonds. The van der Waals surface area contributed by atoms with Gasteiger partial charge in [-0.3, -0.25) is 9.59 Å². The quantitative estimate of drug-likeness (QED) is 0.570. The van der Waals surface area contributed by atoms with Crippen LogP contribution in [0.5, 0.6) is 5.75 Å². The van der Waals surface area contributed by atoms with E-state index in [4.69, 9.17) is 9.47 Å². The van der Waals surface area contributed by atoms with Gasteiger partial charge in [0.1, 0.15) is 6.04 Å². The summed E-state index contributed by atoms with van der Waals surface area (Å²) in [4.78, 5) is 38.5. The van der Waals surface area contributed by atoms with Crippen LogP contribution in [0.15, 0.2) is 48.5 Å². The highest BCUT2D eigenvalue weighted by atomic mass is 19.1. The lowest BCUT2D eigenvalue weighted by atomic mass is 10.0. The number of hydrogen-bond donors (Lipinski definition) is 1. The van der Waals surface area contributed by atoms with Gasteiger partial charge in [0.15, 0.2) is 18.2 Å². The molecule has 7 nitrogen and oxygen atoms in total. The Bertz CT molecular complexity index is 933. The van der Waals surface area contributed by atoms with Gasteiger partial charge >= 0.3 is 5.97 Å². The van der Waals surface area contributed by atoms with Crippen LogP contribution in [0.4, 0.5) is 4.39 Å². The topological polar surface area (TPSA) is 84.9 Å². The van der Waals surface area contributed by atoms with Crippen molar-refractivity contribution in [3.8, 4) is 5.75 Å². The molecule has 0 fully saturated rings. The fraction of sp³-hybridized carbons (Fsp3) is 0.375. The second-order valence-electron chi connectivity index (χ2n) is 7.78. The number of rotatable bonds is 10. The molecule has 0 radical (unpaired) electrons. The highest BCUT2D eigenvalue weighted by molar-refractivity contribution is 5.87. The average Bonchev–Trinajstić information content (AvgIpc) is 2.76. The molecule has 1 N–H and O–H groups in total. The highest BCUT2D eigenvalue weighted by Gasteiger charge is 2.26. The summed E-state index contributed by atoms with van der Waals surface area (Å²) >= 11 is 0. The molecule has 0 aliphatic carbocycles. The second kappa shape index (κ2) is 11.8. The maximum Gasteiger partial charge on any atom is 0.329 e. The lowest BCUT2D eigenvalue weighted by molar-refractivity contribution is -0.155. The first kappa shape index (κ1) is 24.8. The number of amides is 2. The van der Waals surface area contributed by atoms with E-state index in [9.17, 15) is 18.8 Å². The number of nitrogens with zero attached hydrogens (tertiary/aromatic N) is 1. The lowest BCUT2D eigenvalue weighted by Gasteiger charge is -2.22. The van der Waals surface area contributed by atoms with Crippen LogP contribution < -0.4 is 10.1 Å². The molecule has 0 unspecified atom stereocenters. The fourth-order valence-corrected chi connectivity index (χ4v) is 3.01. The minimum atomic E-state index is -0.875. The first-order valence-corrected chi connectivity index (χ1v) is 10.3. The Labute approximate surface area is 187 Å². The van der Waals surface area contributed by atoms with Crippen LogP contribution in [-0.2, 0) is 32.1 Å². The molecule has 2 rings (SSSR count). The molecule has 0 spiro atoms. The molecule has 0 aliphatic heterocycles. The van der Waals surface area contributed by atoms with Gasteiger partial charge in [0, 0.05) is 13.6 Å². The Kier molecular flexibility index (Phi) is 9.19. The average molecular weight is 445 g/mol. The molecule has 2 aromatic carbocycles. The van der Waals surface area contributed by atoms with Gasteiger partial charge in [0.05, 0.1) is 13.5 Å². The molecule has 0 bridgehead atoms. The molecule has 0 heterocycles. The van der Waals surface area contributed by atoms with Crippen molar-refractivity contribution in [2.45, 2.75) is 32.9 Å². The standard InChI is InChI=1S/C24H29FN2O5/c1-16(2)23(26-21(28)13-17-8-6-5-7-9-17)24(30)32-15-22(29)27(3)14-18-10-11-20(31-4)19(25)12-18/h5-12,16,23H,13-15H2,1-4H3,(H,26,28)/t23-/m0/s1. The lowest BCUT2D eigenvalue weighted by Crippen LogP contribution is -2.46. The third-order valence-corrected chi connectivity index (χ3v) is 4.84. The summed E-state index contributed by atoms with van der Waals surface area (Å²) in [6.07, 6.45) is 0.136. The van der Waals surface area contributed by atoms with Crippen LogP contribution in [-0.4, -0.2) is 49.5 Å². The molecule has 1 atom stereocenters. The summed E-state index contributed by atoms with van der Waals surface area (Å²) in [5.41, 5.74) is 1.39. The molecule has 0 saturated heterocycles. The largest absolute Gasteiger partial charge is 0.494 e. The summed E-state index contributed by atoms with van der Waals surface area (Å²) in [6.45, 7) is 3.21. The summed E-state index contributed by atoms with van der Waals surface area (Å²) < 4.78 is 23.9. The van der Waals surface area contributed by atoms with Crippen LogP contribution in [0.1, 0.15) is 25.0 Å². The number of carbonyl (C=O) groups is 3. The Balaban J connectivity index is 1.87. The van der Waals surface area contributed by atoms with Crippen LogP contribution in [0.25, 0.3) is 0 Å². The first-order chi connectivity index (χ1) is 15.2. The van der Waals surface area contributed by atoms with E-state index < -0.39 is 30.3 Å². The van der Waals surface area contributed by atoms with Crippen molar-refractivity contribution in [1.82, 2.24) is 10.2 Å². The summed E-state index contributed by atoms with van der Waals surface area (Å²) in [7, 11) is 2.90. The van der Waals surface area contributed by atoms with E-state index in [-0.39, 0.29) is 30.5 Å². The van der Waals surface area contributed by atoms with E-state index in [1.54, 1.807) is 19.9 Å². The predicted octanol–water partition coefficient (Wildman–Crippen LogP) is 2.72. The maximum absolute atomic E-state index is 13.8. The van der Waals surface area contributed by atoms with E-state index in [0.717, 1.165) is 5.56 Å². The number of likely N-dealkylation sites (N-methyl/N-ethyl adjacent to an activating group) is 1. The number of ether oxygens (including phenoxy) is 2. The predicted molar refractivity (Wildman–Crippen MR) is 117 cm³/mol. The van der Waals surface area contributed by atoms with Crippen molar-refractivity contribution in [3.05, 3.63) is 65.5 Å². The Morgan fingerprint density at radius 1 is 1.06 bits per heavy atom. The molecule has 8 heteroatoms. The Hall–Kier alpha value is -3.42. The Morgan fingerprint density at radius 3 is 2.34 bits per heavy atom. The monoisotopic (exact) mass is 444 g/mol. The maximum atomic E-state index is 13.8. The van der Waals surface area contributed by atoms with E-state index in [1.165, 1.54) is 31.2 Å². The smallest absolute Gasteiger partial charge is 0.329 e. The van der Waals surface area contributed by atoms with Crippen molar-refractivity contribution in [3.63, 3.8) is 0 Å². The summed E-state index contributed by atoms with van der Waals surface area (Å²) in [5.74, 6) is -2.07. The van der Waals surface area contributed by atoms with Crippen LogP contribution in [0.2, 0.25) is 0 Å². The van der Waals surface area contributed by atoms with Crippen molar-refractivity contribution in [2.24, 2.45) is 5.92 Å². The van der Waals surface area contributed by atoms with Gasteiger partial charge in [-0.25, -0.2) is 9.18 Å². The molecule has 0 saturated carbocycles. The van der Waals surface area contributed by atoms with Crippen molar-refractivity contribution in [1.29, 1.82) is 0 Å². The summed E-state index contributed by atoms with van der Waals surface area (Å²) in [5, 5.41) is 2.68. The number of carbonyl (C=O) groups excluding carboxylic acids is 3. The highest BCUT2D eigenvalue weighted by Crippen LogP contribution is 2.18. The van der Waals surface area contributed by atoms with Gasteiger partial charge in [-0.2, -0.15) is 0 Å². The SMILES string of the molecule is COc1ccc(CN(C)C(=O)COC(=O)[C@@H](NC(=O)Cc2ccccc2)C(C)C)cc1F. The number of nitrogens with one attached hydrogen (secondary N) is 1. The number of halogens is 1.